The molecule has 4 rings (SSSR count). The lowest BCUT2D eigenvalue weighted by Gasteiger charge is -2.10. The van der Waals surface area contributed by atoms with Crippen molar-refractivity contribution in [3.8, 4) is 17.0 Å². The average Bonchev–Trinajstić information content (AvgIpc) is 3.40. The lowest BCUT2D eigenvalue weighted by Crippen LogP contribution is -2.04. The van der Waals surface area contributed by atoms with Crippen molar-refractivity contribution in [3.05, 3.63) is 70.0 Å². The highest BCUT2D eigenvalue weighted by atomic mass is 35.5. The first-order chi connectivity index (χ1) is 15.9. The Balaban J connectivity index is 1.59. The van der Waals surface area contributed by atoms with E-state index in [2.05, 4.69) is 17.0 Å². The SMILES string of the molecule is CCCn1nccc1-c1cccc2c(CCCOc3cc(C)c(Cl)c(C)c3)c(C(=O)O)[nH]c12. The predicted octanol–water partition coefficient (Wildman–Crippen LogP) is 6.42. The number of aromatic amines is 1. The molecule has 172 valence electrons. The average molecular weight is 466 g/mol. The molecule has 2 aromatic carbocycles. The third-order valence-electron chi connectivity index (χ3n) is 5.83. The molecule has 0 amide bonds. The molecule has 2 heterocycles. The van der Waals surface area contributed by atoms with Gasteiger partial charge in [0.25, 0.3) is 0 Å². The van der Waals surface area contributed by atoms with Crippen molar-refractivity contribution in [2.24, 2.45) is 0 Å². The zero-order valence-electron chi connectivity index (χ0n) is 19.1. The Morgan fingerprint density at radius 2 is 1.97 bits per heavy atom. The molecule has 0 radical (unpaired) electrons. The highest BCUT2D eigenvalue weighted by Gasteiger charge is 2.20. The number of para-hydroxylation sites is 1. The number of carboxylic acid groups (broad SMARTS) is 1. The van der Waals surface area contributed by atoms with Crippen LogP contribution < -0.4 is 4.74 Å². The lowest BCUT2D eigenvalue weighted by atomic mass is 10.0. The minimum absolute atomic E-state index is 0.234. The van der Waals surface area contributed by atoms with Gasteiger partial charge in [-0.2, -0.15) is 5.10 Å². The number of nitrogens with zero attached hydrogens (tertiary/aromatic N) is 2. The highest BCUT2D eigenvalue weighted by molar-refractivity contribution is 6.32. The maximum atomic E-state index is 12.0. The molecule has 0 aliphatic heterocycles. The Labute approximate surface area is 198 Å². The first kappa shape index (κ1) is 22.9. The van der Waals surface area contributed by atoms with Gasteiger partial charge in [0, 0.05) is 28.7 Å². The number of carboxylic acids is 1. The van der Waals surface area contributed by atoms with E-state index in [0.717, 1.165) is 62.6 Å². The Morgan fingerprint density at radius 3 is 2.67 bits per heavy atom. The predicted molar refractivity (Wildman–Crippen MR) is 132 cm³/mol. The number of nitrogens with one attached hydrogen (secondary N) is 1. The molecule has 7 heteroatoms. The van der Waals surface area contributed by atoms with E-state index in [9.17, 15) is 9.90 Å². The summed E-state index contributed by atoms with van der Waals surface area (Å²) in [6.45, 7) is 7.30. The van der Waals surface area contributed by atoms with Gasteiger partial charge in [-0.1, -0.05) is 36.7 Å². The van der Waals surface area contributed by atoms with Crippen LogP contribution in [0.5, 0.6) is 5.75 Å². The third kappa shape index (κ3) is 4.62. The molecule has 0 aliphatic carbocycles. The van der Waals surface area contributed by atoms with Gasteiger partial charge in [0.2, 0.25) is 0 Å². The second-order valence-electron chi connectivity index (χ2n) is 8.27. The summed E-state index contributed by atoms with van der Waals surface area (Å²) in [5, 5.41) is 16.0. The van der Waals surface area contributed by atoms with Crippen molar-refractivity contribution in [2.45, 2.75) is 46.6 Å². The van der Waals surface area contributed by atoms with Crippen LogP contribution in [0.15, 0.2) is 42.6 Å². The third-order valence-corrected chi connectivity index (χ3v) is 6.43. The summed E-state index contributed by atoms with van der Waals surface area (Å²) in [6.07, 6.45) is 4.02. The van der Waals surface area contributed by atoms with Crippen LogP contribution in [0.3, 0.4) is 0 Å². The van der Waals surface area contributed by atoms with Gasteiger partial charge in [-0.15, -0.1) is 0 Å². The number of rotatable bonds is 9. The molecule has 0 fully saturated rings. The molecule has 0 unspecified atom stereocenters. The van der Waals surface area contributed by atoms with Crippen LogP contribution in [0.2, 0.25) is 5.02 Å². The molecule has 0 aliphatic rings. The number of hydrogen-bond acceptors (Lipinski definition) is 3. The second kappa shape index (κ2) is 9.71. The quantitative estimate of drug-likeness (QED) is 0.279. The summed E-state index contributed by atoms with van der Waals surface area (Å²) in [7, 11) is 0. The molecule has 0 saturated carbocycles. The molecule has 0 saturated heterocycles. The van der Waals surface area contributed by atoms with Gasteiger partial charge >= 0.3 is 5.97 Å². The number of ether oxygens (including phenoxy) is 1. The fraction of sp³-hybridized carbons (Fsp3) is 0.308. The molecule has 2 aromatic heterocycles. The molecule has 2 N–H and O–H groups in total. The Bertz CT molecular complexity index is 1280. The van der Waals surface area contributed by atoms with E-state index in [-0.39, 0.29) is 5.69 Å². The highest BCUT2D eigenvalue weighted by Crippen LogP contribution is 2.33. The Hall–Kier alpha value is -3.25. The van der Waals surface area contributed by atoms with E-state index in [0.29, 0.717) is 19.4 Å². The van der Waals surface area contributed by atoms with Gasteiger partial charge in [0.1, 0.15) is 11.4 Å². The van der Waals surface area contributed by atoms with Crippen LogP contribution in [0, 0.1) is 13.8 Å². The molecule has 6 nitrogen and oxygen atoms in total. The monoisotopic (exact) mass is 465 g/mol. The second-order valence-corrected chi connectivity index (χ2v) is 8.65. The van der Waals surface area contributed by atoms with E-state index in [4.69, 9.17) is 16.3 Å². The number of fused-ring (bicyclic) bond motifs is 1. The Morgan fingerprint density at radius 1 is 1.21 bits per heavy atom. The maximum absolute atomic E-state index is 12.0. The first-order valence-electron chi connectivity index (χ1n) is 11.2. The van der Waals surface area contributed by atoms with E-state index in [1.165, 1.54) is 0 Å². The van der Waals surface area contributed by atoms with Crippen molar-refractivity contribution in [3.63, 3.8) is 0 Å². The number of halogens is 1. The summed E-state index contributed by atoms with van der Waals surface area (Å²) < 4.78 is 7.89. The summed E-state index contributed by atoms with van der Waals surface area (Å²) in [4.78, 5) is 15.2. The maximum Gasteiger partial charge on any atom is 0.352 e. The lowest BCUT2D eigenvalue weighted by molar-refractivity contribution is 0.0690. The van der Waals surface area contributed by atoms with Crippen LogP contribution >= 0.6 is 11.6 Å². The Kier molecular flexibility index (Phi) is 6.75. The van der Waals surface area contributed by atoms with Gasteiger partial charge in [0.15, 0.2) is 0 Å². The largest absolute Gasteiger partial charge is 0.494 e. The zero-order chi connectivity index (χ0) is 23.5. The number of aromatic nitrogens is 3. The smallest absolute Gasteiger partial charge is 0.352 e. The zero-order valence-corrected chi connectivity index (χ0v) is 19.9. The van der Waals surface area contributed by atoms with E-state index >= 15 is 0 Å². The van der Waals surface area contributed by atoms with E-state index < -0.39 is 5.97 Å². The fourth-order valence-corrected chi connectivity index (χ4v) is 4.42. The standard InChI is InChI=1S/C26H28ClN3O3/c1-4-12-30-22(10-11-28-30)21-8-5-7-19-20(25(26(31)32)29-24(19)21)9-6-13-33-18-14-16(2)23(27)17(3)15-18/h5,7-8,10-11,14-15,29H,4,6,9,12-13H2,1-3H3,(H,31,32). The van der Waals surface area contributed by atoms with E-state index in [1.54, 1.807) is 6.20 Å². The number of aryl methyl sites for hydroxylation is 4. The van der Waals surface area contributed by atoms with Crippen molar-refractivity contribution in [1.82, 2.24) is 14.8 Å². The van der Waals surface area contributed by atoms with Crippen molar-refractivity contribution in [2.75, 3.05) is 6.61 Å². The molecule has 4 aromatic rings. The van der Waals surface area contributed by atoms with Gasteiger partial charge < -0.3 is 14.8 Å². The van der Waals surface area contributed by atoms with Crippen LogP contribution in [0.25, 0.3) is 22.2 Å². The van der Waals surface area contributed by atoms with Gasteiger partial charge in [-0.3, -0.25) is 4.68 Å². The minimum Gasteiger partial charge on any atom is -0.494 e. The van der Waals surface area contributed by atoms with Crippen molar-refractivity contribution >= 4 is 28.5 Å². The topological polar surface area (TPSA) is 80.1 Å². The normalized spacial score (nSPS) is 11.3. The number of benzene rings is 2. The molecule has 0 bridgehead atoms. The number of aromatic carboxylic acids is 1. The molecular formula is C26H28ClN3O3. The number of carbonyl (C=O) groups is 1. The molecule has 33 heavy (non-hydrogen) atoms. The van der Waals surface area contributed by atoms with Crippen molar-refractivity contribution < 1.29 is 14.6 Å². The van der Waals surface area contributed by atoms with Gasteiger partial charge in [-0.25, -0.2) is 4.79 Å². The number of hydrogen-bond donors (Lipinski definition) is 2. The molecule has 0 spiro atoms. The first-order valence-corrected chi connectivity index (χ1v) is 11.6. The molecular weight excluding hydrogens is 438 g/mol. The minimum atomic E-state index is -0.959. The van der Waals surface area contributed by atoms with Crippen LogP contribution in [0.4, 0.5) is 0 Å². The van der Waals surface area contributed by atoms with Crippen LogP contribution in [-0.4, -0.2) is 32.4 Å². The van der Waals surface area contributed by atoms with E-state index in [1.807, 2.05) is 54.9 Å². The summed E-state index contributed by atoms with van der Waals surface area (Å²) >= 11 is 6.24. The van der Waals surface area contributed by atoms with Gasteiger partial charge in [0.05, 0.1) is 17.8 Å². The fourth-order valence-electron chi connectivity index (χ4n) is 4.31. The van der Waals surface area contributed by atoms with Crippen LogP contribution in [0.1, 0.15) is 46.9 Å². The van der Waals surface area contributed by atoms with Crippen LogP contribution in [-0.2, 0) is 13.0 Å². The van der Waals surface area contributed by atoms with Gasteiger partial charge in [-0.05, 0) is 68.0 Å². The number of H-pyrrole nitrogens is 1. The summed E-state index contributed by atoms with van der Waals surface area (Å²) in [5.41, 5.74) is 5.75. The molecule has 0 atom stereocenters. The summed E-state index contributed by atoms with van der Waals surface area (Å²) in [5.74, 6) is -0.183. The summed E-state index contributed by atoms with van der Waals surface area (Å²) in [6, 6.07) is 11.8. The van der Waals surface area contributed by atoms with Crippen molar-refractivity contribution in [1.29, 1.82) is 0 Å².